The number of H-pyrrole nitrogens is 1. The van der Waals surface area contributed by atoms with Gasteiger partial charge in [0.05, 0.1) is 5.52 Å². The van der Waals surface area contributed by atoms with Gasteiger partial charge in [-0.15, -0.1) is 0 Å². The molecule has 5 rings (SSSR count). The van der Waals surface area contributed by atoms with Gasteiger partial charge in [0.25, 0.3) is 0 Å². The Labute approximate surface area is 180 Å². The highest BCUT2D eigenvalue weighted by molar-refractivity contribution is 5.98. The van der Waals surface area contributed by atoms with Gasteiger partial charge in [-0.1, -0.05) is 44.2 Å². The van der Waals surface area contributed by atoms with Crippen LogP contribution in [0.4, 0.5) is 10.5 Å². The number of hydrogen-bond acceptors (Lipinski definition) is 4. The van der Waals surface area contributed by atoms with Crippen LogP contribution in [0.25, 0.3) is 22.2 Å². The predicted octanol–water partition coefficient (Wildman–Crippen LogP) is 5.46. The molecule has 4 aromatic rings. The Morgan fingerprint density at radius 2 is 1.97 bits per heavy atom. The number of nitrogens with one attached hydrogen (secondary N) is 2. The summed E-state index contributed by atoms with van der Waals surface area (Å²) in [7, 11) is 0. The molecule has 6 heteroatoms. The summed E-state index contributed by atoms with van der Waals surface area (Å²) < 4.78 is 5.67. The molecule has 2 aromatic heterocycles. The van der Waals surface area contributed by atoms with Crippen molar-refractivity contribution in [3.63, 3.8) is 0 Å². The third-order valence-corrected chi connectivity index (χ3v) is 5.70. The van der Waals surface area contributed by atoms with Crippen LogP contribution in [0.15, 0.2) is 60.8 Å². The first kappa shape index (κ1) is 19.3. The molecule has 0 spiro atoms. The largest absolute Gasteiger partial charge is 0.445 e. The van der Waals surface area contributed by atoms with Crippen molar-refractivity contribution in [2.24, 2.45) is 0 Å². The Morgan fingerprint density at radius 3 is 2.77 bits per heavy atom. The summed E-state index contributed by atoms with van der Waals surface area (Å²) in [4.78, 5) is 16.8. The SMILES string of the molecule is CC(C)c1cc(-c2n[nH]c3cc4c(cc23)CC(Cc2ccccc2)OC(=O)N4)ccn1. The van der Waals surface area contributed by atoms with Gasteiger partial charge in [0, 0.05) is 41.4 Å². The number of rotatable bonds is 4. The van der Waals surface area contributed by atoms with Crippen LogP contribution < -0.4 is 5.32 Å². The standard InChI is InChI=1S/C25H24N4O2/c1-15(2)21-13-17(8-9-26-21)24-20-12-18-11-19(10-16-6-4-3-5-7-16)31-25(30)27-22(18)14-23(20)28-29-24/h3-9,12-15,19H,10-11H2,1-2H3,(H,27,30)(H,28,29). The monoisotopic (exact) mass is 412 g/mol. The Hall–Kier alpha value is -3.67. The van der Waals surface area contributed by atoms with Gasteiger partial charge >= 0.3 is 6.09 Å². The molecule has 0 saturated carbocycles. The molecule has 1 unspecified atom stereocenters. The lowest BCUT2D eigenvalue weighted by atomic mass is 9.97. The molecule has 31 heavy (non-hydrogen) atoms. The minimum Gasteiger partial charge on any atom is -0.445 e. The van der Waals surface area contributed by atoms with Gasteiger partial charge in [0.15, 0.2) is 0 Å². The van der Waals surface area contributed by atoms with E-state index in [9.17, 15) is 4.79 Å². The van der Waals surface area contributed by atoms with Crippen LogP contribution in [0.3, 0.4) is 0 Å². The van der Waals surface area contributed by atoms with Crippen LogP contribution in [0, 0.1) is 0 Å². The average molecular weight is 412 g/mol. The summed E-state index contributed by atoms with van der Waals surface area (Å²) in [5.41, 5.74) is 6.77. The molecule has 6 nitrogen and oxygen atoms in total. The van der Waals surface area contributed by atoms with Crippen molar-refractivity contribution in [2.45, 2.75) is 38.7 Å². The number of hydrogen-bond donors (Lipinski definition) is 2. The van der Waals surface area contributed by atoms with E-state index in [1.165, 1.54) is 0 Å². The maximum atomic E-state index is 12.3. The first-order valence-electron chi connectivity index (χ1n) is 10.6. The quantitative estimate of drug-likeness (QED) is 0.466. The van der Waals surface area contributed by atoms with E-state index in [0.29, 0.717) is 18.8 Å². The number of benzene rings is 2. The van der Waals surface area contributed by atoms with Crippen LogP contribution in [0.2, 0.25) is 0 Å². The fraction of sp³-hybridized carbons (Fsp3) is 0.240. The number of anilines is 1. The Balaban J connectivity index is 1.53. The minimum atomic E-state index is -0.422. The van der Waals surface area contributed by atoms with Gasteiger partial charge in [-0.25, -0.2) is 4.79 Å². The molecular formula is C25H24N4O2. The van der Waals surface area contributed by atoms with Crippen molar-refractivity contribution in [3.8, 4) is 11.3 Å². The van der Waals surface area contributed by atoms with Crippen LogP contribution >= 0.6 is 0 Å². The Bertz CT molecular complexity index is 1250. The second kappa shape index (κ2) is 7.87. The number of carbonyl (C=O) groups is 1. The highest BCUT2D eigenvalue weighted by Gasteiger charge is 2.24. The molecule has 0 fully saturated rings. The van der Waals surface area contributed by atoms with Crippen molar-refractivity contribution in [1.29, 1.82) is 0 Å². The molecule has 3 heterocycles. The number of ether oxygens (including phenoxy) is 1. The van der Waals surface area contributed by atoms with Crippen molar-refractivity contribution in [3.05, 3.63) is 77.6 Å². The van der Waals surface area contributed by atoms with E-state index in [2.05, 4.69) is 58.6 Å². The summed E-state index contributed by atoms with van der Waals surface area (Å²) in [5.74, 6) is 0.340. The number of cyclic esters (lactones) is 1. The summed E-state index contributed by atoms with van der Waals surface area (Å²) in [5, 5.41) is 11.6. The number of nitrogens with zero attached hydrogens (tertiary/aromatic N) is 2. The number of amides is 1. The highest BCUT2D eigenvalue weighted by atomic mass is 16.6. The molecule has 2 aromatic carbocycles. The second-order valence-electron chi connectivity index (χ2n) is 8.30. The molecule has 1 amide bonds. The molecule has 1 aliphatic heterocycles. The highest BCUT2D eigenvalue weighted by Crippen LogP contribution is 2.33. The molecule has 156 valence electrons. The first-order valence-corrected chi connectivity index (χ1v) is 10.6. The van der Waals surface area contributed by atoms with E-state index in [4.69, 9.17) is 4.74 Å². The van der Waals surface area contributed by atoms with E-state index in [1.54, 1.807) is 0 Å². The molecule has 2 N–H and O–H groups in total. The van der Waals surface area contributed by atoms with Crippen LogP contribution in [-0.4, -0.2) is 27.4 Å². The summed E-state index contributed by atoms with van der Waals surface area (Å²) >= 11 is 0. The summed E-state index contributed by atoms with van der Waals surface area (Å²) in [6, 6.07) is 18.2. The van der Waals surface area contributed by atoms with Gasteiger partial charge in [-0.3, -0.25) is 15.4 Å². The smallest absolute Gasteiger partial charge is 0.411 e. The summed E-state index contributed by atoms with van der Waals surface area (Å²) in [6.45, 7) is 4.26. The van der Waals surface area contributed by atoms with Gasteiger partial charge in [-0.2, -0.15) is 5.10 Å². The minimum absolute atomic E-state index is 0.232. The third-order valence-electron chi connectivity index (χ3n) is 5.70. The van der Waals surface area contributed by atoms with E-state index >= 15 is 0 Å². The van der Waals surface area contributed by atoms with Gasteiger partial charge in [0.2, 0.25) is 0 Å². The number of aromatic nitrogens is 3. The Morgan fingerprint density at radius 1 is 1.13 bits per heavy atom. The lowest BCUT2D eigenvalue weighted by molar-refractivity contribution is 0.113. The van der Waals surface area contributed by atoms with E-state index < -0.39 is 6.09 Å². The van der Waals surface area contributed by atoms with E-state index in [-0.39, 0.29) is 6.10 Å². The maximum absolute atomic E-state index is 12.3. The molecular weight excluding hydrogens is 388 g/mol. The number of pyridine rings is 1. The lowest BCUT2D eigenvalue weighted by Crippen LogP contribution is -2.22. The molecule has 0 aliphatic carbocycles. The molecule has 0 bridgehead atoms. The Kier molecular flexibility index (Phi) is 4.90. The van der Waals surface area contributed by atoms with Gasteiger partial charge < -0.3 is 4.74 Å². The second-order valence-corrected chi connectivity index (χ2v) is 8.30. The van der Waals surface area contributed by atoms with Gasteiger partial charge in [-0.05, 0) is 41.3 Å². The topological polar surface area (TPSA) is 79.9 Å². The maximum Gasteiger partial charge on any atom is 0.411 e. The molecule has 0 radical (unpaired) electrons. The number of aromatic amines is 1. The van der Waals surface area contributed by atoms with Crippen LogP contribution in [0.5, 0.6) is 0 Å². The van der Waals surface area contributed by atoms with Gasteiger partial charge in [0.1, 0.15) is 11.8 Å². The fourth-order valence-electron chi connectivity index (χ4n) is 4.09. The molecule has 1 atom stereocenters. The first-order chi connectivity index (χ1) is 15.1. The molecule has 0 saturated heterocycles. The van der Waals surface area contributed by atoms with Crippen LogP contribution in [-0.2, 0) is 17.6 Å². The van der Waals surface area contributed by atoms with Crippen molar-refractivity contribution in [1.82, 2.24) is 15.2 Å². The third kappa shape index (κ3) is 3.89. The van der Waals surface area contributed by atoms with E-state index in [1.807, 2.05) is 36.5 Å². The van der Waals surface area contributed by atoms with Crippen molar-refractivity contribution in [2.75, 3.05) is 5.32 Å². The zero-order valence-corrected chi connectivity index (χ0v) is 17.6. The summed E-state index contributed by atoms with van der Waals surface area (Å²) in [6.07, 6.45) is 2.49. The predicted molar refractivity (Wildman–Crippen MR) is 121 cm³/mol. The number of carbonyl (C=O) groups excluding carboxylic acids is 1. The number of fused-ring (bicyclic) bond motifs is 2. The van der Waals surface area contributed by atoms with E-state index in [0.717, 1.165) is 44.7 Å². The lowest BCUT2D eigenvalue weighted by Gasteiger charge is -2.14. The zero-order chi connectivity index (χ0) is 21.4. The molecule has 1 aliphatic rings. The normalized spacial score (nSPS) is 16.0. The van der Waals surface area contributed by atoms with Crippen molar-refractivity contribution < 1.29 is 9.53 Å². The van der Waals surface area contributed by atoms with Crippen LogP contribution in [0.1, 0.15) is 36.6 Å². The van der Waals surface area contributed by atoms with Crippen molar-refractivity contribution >= 4 is 22.7 Å². The average Bonchev–Trinajstić information content (AvgIpc) is 3.10. The zero-order valence-electron chi connectivity index (χ0n) is 17.6. The fourth-order valence-corrected chi connectivity index (χ4v) is 4.09.